The second-order valence-electron chi connectivity index (χ2n) is 6.62. The highest BCUT2D eigenvalue weighted by molar-refractivity contribution is 8.15. The van der Waals surface area contributed by atoms with Crippen molar-refractivity contribution >= 4 is 28.5 Å². The molecule has 1 aromatic carbocycles. The fourth-order valence-corrected chi connectivity index (χ4v) is 4.22. The number of amidine groups is 1. The summed E-state index contributed by atoms with van der Waals surface area (Å²) in [5.74, 6) is 1.03. The molecule has 1 unspecified atom stereocenters. The number of aliphatic imine (C=N–C) groups is 1. The van der Waals surface area contributed by atoms with Gasteiger partial charge < -0.3 is 5.32 Å². The van der Waals surface area contributed by atoms with Gasteiger partial charge in [0, 0.05) is 5.69 Å². The number of carbonyl (C=O) groups excluding carboxylic acids is 1. The Kier molecular flexibility index (Phi) is 4.87. The largest absolute Gasteiger partial charge is 0.335 e. The Morgan fingerprint density at radius 1 is 1.14 bits per heavy atom. The first-order chi connectivity index (χ1) is 10.6. The molecule has 3 rings (SSSR count). The number of hydrogen-bond acceptors (Lipinski definition) is 3. The average Bonchev–Trinajstić information content (AvgIpc) is 2.90. The molecule has 0 radical (unpaired) electrons. The molecule has 0 spiro atoms. The van der Waals surface area contributed by atoms with Crippen LogP contribution in [0.1, 0.15) is 57.4 Å². The Balaban J connectivity index is 1.62. The van der Waals surface area contributed by atoms with E-state index in [2.05, 4.69) is 48.4 Å². The van der Waals surface area contributed by atoms with Gasteiger partial charge >= 0.3 is 0 Å². The maximum absolute atomic E-state index is 11.8. The second-order valence-corrected chi connectivity index (χ2v) is 7.75. The minimum atomic E-state index is -0.0380. The van der Waals surface area contributed by atoms with Gasteiger partial charge in [-0.05, 0) is 42.4 Å². The van der Waals surface area contributed by atoms with Crippen LogP contribution in [-0.4, -0.2) is 16.3 Å². The van der Waals surface area contributed by atoms with E-state index in [1.165, 1.54) is 37.7 Å². The smallest absolute Gasteiger partial charge is 0.261 e. The predicted molar refractivity (Wildman–Crippen MR) is 94.5 cm³/mol. The number of hydrogen-bond donors (Lipinski definition) is 1. The van der Waals surface area contributed by atoms with Crippen molar-refractivity contribution in [3.05, 3.63) is 29.8 Å². The second kappa shape index (κ2) is 6.86. The quantitative estimate of drug-likeness (QED) is 0.871. The highest BCUT2D eigenvalue weighted by Crippen LogP contribution is 2.33. The van der Waals surface area contributed by atoms with E-state index < -0.39 is 0 Å². The lowest BCUT2D eigenvalue weighted by atomic mass is 9.84. The van der Waals surface area contributed by atoms with Crippen molar-refractivity contribution < 1.29 is 4.79 Å². The van der Waals surface area contributed by atoms with E-state index in [1.807, 2.05) is 0 Å². The molecule has 118 valence electrons. The molecule has 4 heteroatoms. The van der Waals surface area contributed by atoms with E-state index in [4.69, 9.17) is 0 Å². The van der Waals surface area contributed by atoms with Crippen molar-refractivity contribution in [2.45, 2.75) is 57.1 Å². The fourth-order valence-electron chi connectivity index (χ4n) is 3.24. The molecular weight excluding hydrogens is 292 g/mol. The van der Waals surface area contributed by atoms with Gasteiger partial charge in [0.25, 0.3) is 5.91 Å². The molecule has 1 fully saturated rings. The van der Waals surface area contributed by atoms with Gasteiger partial charge in [-0.15, -0.1) is 0 Å². The molecule has 1 amide bonds. The Hall–Kier alpha value is -1.29. The van der Waals surface area contributed by atoms with Crippen LogP contribution >= 0.6 is 11.8 Å². The highest BCUT2D eigenvalue weighted by atomic mass is 32.2. The monoisotopic (exact) mass is 316 g/mol. The minimum absolute atomic E-state index is 0.0127. The van der Waals surface area contributed by atoms with Crippen molar-refractivity contribution in [1.29, 1.82) is 0 Å². The molecule has 1 aromatic rings. The molecule has 1 atom stereocenters. The molecule has 1 aliphatic carbocycles. The Morgan fingerprint density at radius 2 is 1.82 bits per heavy atom. The van der Waals surface area contributed by atoms with Crippen molar-refractivity contribution in [3.63, 3.8) is 0 Å². The third-order valence-electron chi connectivity index (χ3n) is 4.54. The van der Waals surface area contributed by atoms with Crippen LogP contribution in [0.5, 0.6) is 0 Å². The molecule has 22 heavy (non-hydrogen) atoms. The number of nitrogens with one attached hydrogen (secondary N) is 1. The summed E-state index contributed by atoms with van der Waals surface area (Å²) in [6.07, 6.45) is 6.74. The first kappa shape index (κ1) is 15.6. The van der Waals surface area contributed by atoms with Crippen LogP contribution < -0.4 is 5.32 Å². The van der Waals surface area contributed by atoms with Crippen molar-refractivity contribution in [2.24, 2.45) is 10.9 Å². The van der Waals surface area contributed by atoms with Crippen LogP contribution in [0.25, 0.3) is 0 Å². The van der Waals surface area contributed by atoms with Gasteiger partial charge in [-0.1, -0.05) is 57.0 Å². The molecule has 1 heterocycles. The summed E-state index contributed by atoms with van der Waals surface area (Å²) in [5.41, 5.74) is 2.46. The molecule has 1 saturated carbocycles. The zero-order valence-corrected chi connectivity index (χ0v) is 14.2. The highest BCUT2D eigenvalue weighted by Gasteiger charge is 2.30. The summed E-state index contributed by atoms with van der Waals surface area (Å²) in [6, 6.07) is 8.67. The third-order valence-corrected chi connectivity index (χ3v) is 5.95. The lowest BCUT2D eigenvalue weighted by Crippen LogP contribution is -2.17. The van der Waals surface area contributed by atoms with E-state index in [0.29, 0.717) is 5.92 Å². The van der Waals surface area contributed by atoms with Gasteiger partial charge in [-0.3, -0.25) is 4.79 Å². The van der Waals surface area contributed by atoms with Gasteiger partial charge in [0.15, 0.2) is 5.17 Å². The molecule has 0 aromatic heterocycles. The van der Waals surface area contributed by atoms with Gasteiger partial charge in [-0.2, -0.15) is 4.99 Å². The van der Waals surface area contributed by atoms with E-state index in [-0.39, 0.29) is 11.2 Å². The number of nitrogens with zero attached hydrogens (tertiary/aromatic N) is 1. The average molecular weight is 316 g/mol. The zero-order valence-electron chi connectivity index (χ0n) is 13.3. The maximum atomic E-state index is 11.8. The van der Waals surface area contributed by atoms with Gasteiger partial charge in [0.2, 0.25) is 0 Å². The first-order valence-corrected chi connectivity index (χ1v) is 9.17. The van der Waals surface area contributed by atoms with Gasteiger partial charge in [0.1, 0.15) is 0 Å². The molecule has 1 N–H and O–H groups in total. The first-order valence-electron chi connectivity index (χ1n) is 8.29. The zero-order chi connectivity index (χ0) is 15.5. The number of rotatable bonds is 3. The summed E-state index contributed by atoms with van der Waals surface area (Å²) < 4.78 is 0. The van der Waals surface area contributed by atoms with Crippen LogP contribution in [0.15, 0.2) is 29.3 Å². The fraction of sp³-hybridized carbons (Fsp3) is 0.556. The standard InChI is InChI=1S/C18H24N2OS/c1-12(2)16-17(21)20-18(22-16)19-15-10-8-14(9-11-15)13-6-4-3-5-7-13/h8-13,16H,3-7H2,1-2H3,(H,19,20,21). The number of thioether (sulfide) groups is 1. The number of carbonyl (C=O) groups is 1. The van der Waals surface area contributed by atoms with E-state index in [1.54, 1.807) is 11.8 Å². The molecule has 2 aliphatic rings. The lowest BCUT2D eigenvalue weighted by Gasteiger charge is -2.22. The molecular formula is C18H24N2OS. The number of amides is 1. The van der Waals surface area contributed by atoms with E-state index in [0.717, 1.165) is 16.8 Å². The van der Waals surface area contributed by atoms with Crippen LogP contribution in [0.4, 0.5) is 5.69 Å². The number of anilines is 1. The summed E-state index contributed by atoms with van der Waals surface area (Å²) in [4.78, 5) is 16.0. The molecule has 3 nitrogen and oxygen atoms in total. The van der Waals surface area contributed by atoms with Crippen LogP contribution in [0.3, 0.4) is 0 Å². The van der Waals surface area contributed by atoms with Crippen LogP contribution in [0, 0.1) is 5.92 Å². The predicted octanol–water partition coefficient (Wildman–Crippen LogP) is 4.80. The summed E-state index contributed by atoms with van der Waals surface area (Å²) >= 11 is 1.54. The maximum Gasteiger partial charge on any atom is 0.261 e. The van der Waals surface area contributed by atoms with Gasteiger partial charge in [0.05, 0.1) is 5.25 Å². The van der Waals surface area contributed by atoms with Crippen molar-refractivity contribution in [2.75, 3.05) is 5.32 Å². The summed E-state index contributed by atoms with van der Waals surface area (Å²) in [5, 5.41) is 3.97. The third kappa shape index (κ3) is 3.54. The van der Waals surface area contributed by atoms with E-state index >= 15 is 0 Å². The lowest BCUT2D eigenvalue weighted by molar-refractivity contribution is -0.117. The topological polar surface area (TPSA) is 41.5 Å². The molecule has 0 bridgehead atoms. The SMILES string of the molecule is CC(C)C1SC(Nc2ccc(C3CCCCC3)cc2)=NC1=O. The minimum Gasteiger partial charge on any atom is -0.335 e. The van der Waals surface area contributed by atoms with Crippen molar-refractivity contribution in [3.8, 4) is 0 Å². The normalized spacial score (nSPS) is 23.0. The van der Waals surface area contributed by atoms with Crippen LogP contribution in [0.2, 0.25) is 0 Å². The molecule has 1 aliphatic heterocycles. The summed E-state index contributed by atoms with van der Waals surface area (Å²) in [6.45, 7) is 4.12. The molecule has 0 saturated heterocycles. The van der Waals surface area contributed by atoms with Crippen molar-refractivity contribution in [1.82, 2.24) is 0 Å². The number of benzene rings is 1. The van der Waals surface area contributed by atoms with E-state index in [9.17, 15) is 4.79 Å². The Bertz CT molecular complexity index is 559. The Labute approximate surface area is 137 Å². The Morgan fingerprint density at radius 3 is 2.41 bits per heavy atom. The van der Waals surface area contributed by atoms with Crippen LogP contribution in [-0.2, 0) is 4.79 Å². The summed E-state index contributed by atoms with van der Waals surface area (Å²) in [7, 11) is 0. The van der Waals surface area contributed by atoms with Gasteiger partial charge in [-0.25, -0.2) is 0 Å².